The molecular weight excluding hydrogens is 544 g/mol. The number of fused-ring (bicyclic) bond motifs is 9. The topological polar surface area (TPSA) is 25.8 Å². The Hall–Kier alpha value is -4.82. The van der Waals surface area contributed by atoms with Gasteiger partial charge >= 0.3 is 0 Å². The molecule has 0 bridgehead atoms. The predicted octanol–water partition coefficient (Wildman–Crippen LogP) is 10.7. The molecule has 0 saturated heterocycles. The van der Waals surface area contributed by atoms with Gasteiger partial charge in [0.2, 0.25) is 0 Å². The van der Waals surface area contributed by atoms with E-state index in [0.717, 1.165) is 22.5 Å². The van der Waals surface area contributed by atoms with Gasteiger partial charge in [0.25, 0.3) is 0 Å². The highest BCUT2D eigenvalue weighted by Crippen LogP contribution is 2.53. The minimum absolute atomic E-state index is 0.0303. The van der Waals surface area contributed by atoms with Crippen LogP contribution in [0.25, 0.3) is 55.9 Å². The molecule has 2 heteroatoms. The molecule has 3 aliphatic carbocycles. The van der Waals surface area contributed by atoms with Crippen molar-refractivity contribution in [2.75, 3.05) is 0 Å². The van der Waals surface area contributed by atoms with Crippen LogP contribution in [0.15, 0.2) is 109 Å². The van der Waals surface area contributed by atoms with Crippen molar-refractivity contribution >= 4 is 0 Å². The summed E-state index contributed by atoms with van der Waals surface area (Å²) in [6, 6.07) is 36.3. The van der Waals surface area contributed by atoms with Crippen LogP contribution in [0.2, 0.25) is 0 Å². The zero-order valence-electron chi connectivity index (χ0n) is 26.8. The molecule has 3 aliphatic rings. The summed E-state index contributed by atoms with van der Waals surface area (Å²) in [6.45, 7) is 14.0. The highest BCUT2D eigenvalue weighted by atomic mass is 14.8. The quantitative estimate of drug-likeness (QED) is 0.204. The van der Waals surface area contributed by atoms with Crippen molar-refractivity contribution in [3.05, 3.63) is 143 Å². The highest BCUT2D eigenvalue weighted by molar-refractivity contribution is 5.86. The Morgan fingerprint density at radius 1 is 0.356 bits per heavy atom. The van der Waals surface area contributed by atoms with Crippen LogP contribution < -0.4 is 0 Å². The molecular formula is C43H36N2. The maximum absolute atomic E-state index is 5.07. The van der Waals surface area contributed by atoms with Crippen LogP contribution in [-0.2, 0) is 16.2 Å². The third-order valence-electron chi connectivity index (χ3n) is 11.2. The summed E-state index contributed by atoms with van der Waals surface area (Å²) in [4.78, 5) is 10.1. The summed E-state index contributed by atoms with van der Waals surface area (Å²) >= 11 is 0. The normalized spacial score (nSPS) is 16.8. The van der Waals surface area contributed by atoms with Crippen LogP contribution in [0.5, 0.6) is 0 Å². The van der Waals surface area contributed by atoms with Gasteiger partial charge in [-0.25, -0.2) is 0 Å². The van der Waals surface area contributed by atoms with E-state index in [9.17, 15) is 0 Å². The average molecular weight is 581 g/mol. The first kappa shape index (κ1) is 26.6. The number of hydrogen-bond acceptors (Lipinski definition) is 2. The summed E-state index contributed by atoms with van der Waals surface area (Å²) in [5.74, 6) is 0. The van der Waals surface area contributed by atoms with Gasteiger partial charge in [0.05, 0.1) is 11.4 Å². The summed E-state index contributed by atoms with van der Waals surface area (Å²) in [7, 11) is 0. The fourth-order valence-electron chi connectivity index (χ4n) is 8.49. The van der Waals surface area contributed by atoms with Crippen LogP contribution in [0, 0.1) is 0 Å². The lowest BCUT2D eigenvalue weighted by Crippen LogP contribution is -2.16. The molecule has 2 heterocycles. The van der Waals surface area contributed by atoms with Gasteiger partial charge in [0.1, 0.15) is 0 Å². The Balaban J connectivity index is 1.10. The average Bonchev–Trinajstić information content (AvgIpc) is 3.53. The van der Waals surface area contributed by atoms with E-state index in [-0.39, 0.29) is 16.2 Å². The summed E-state index contributed by atoms with van der Waals surface area (Å²) in [5, 5.41) is 0. The smallest absolute Gasteiger partial charge is 0.0930 e. The first-order valence-electron chi connectivity index (χ1n) is 16.1. The Bertz CT molecular complexity index is 2090. The molecule has 0 aliphatic heterocycles. The van der Waals surface area contributed by atoms with E-state index in [2.05, 4.69) is 139 Å². The number of rotatable bonds is 2. The second-order valence-electron chi connectivity index (χ2n) is 14.7. The van der Waals surface area contributed by atoms with Crippen LogP contribution in [0.4, 0.5) is 0 Å². The second-order valence-corrected chi connectivity index (χ2v) is 14.7. The van der Waals surface area contributed by atoms with E-state index in [0.29, 0.717) is 0 Å². The van der Waals surface area contributed by atoms with Gasteiger partial charge in [0.15, 0.2) is 0 Å². The minimum Gasteiger partial charge on any atom is -0.254 e. The third kappa shape index (κ3) is 3.46. The molecule has 2 aromatic heterocycles. The molecule has 4 aromatic carbocycles. The van der Waals surface area contributed by atoms with E-state index in [1.165, 1.54) is 66.8 Å². The molecule has 0 unspecified atom stereocenters. The maximum Gasteiger partial charge on any atom is 0.0930 e. The number of pyridine rings is 2. The van der Waals surface area contributed by atoms with Crippen molar-refractivity contribution in [3.63, 3.8) is 0 Å². The summed E-state index contributed by atoms with van der Waals surface area (Å²) in [6.07, 6.45) is 4.08. The molecule has 0 radical (unpaired) electrons. The molecule has 0 fully saturated rings. The van der Waals surface area contributed by atoms with Gasteiger partial charge in [-0.3, -0.25) is 9.97 Å². The standard InChI is InChI=1S/C43H36N2/c1-41(2)33-13-9-7-11-29(33)31-17-15-25(19-35(31)41)27-21-37-39(44-23-27)40-38(43(37,5)6)22-28(24-45-40)26-16-18-32-30-12-8-10-14-34(30)42(3,4)36(32)20-26/h7-24H,1-6H3. The van der Waals surface area contributed by atoms with Gasteiger partial charge in [-0.2, -0.15) is 0 Å². The second kappa shape index (κ2) is 8.67. The van der Waals surface area contributed by atoms with Crippen LogP contribution in [0.3, 0.4) is 0 Å². The molecule has 218 valence electrons. The lowest BCUT2D eigenvalue weighted by molar-refractivity contribution is 0.657. The Morgan fingerprint density at radius 3 is 1.16 bits per heavy atom. The maximum atomic E-state index is 5.07. The highest BCUT2D eigenvalue weighted by Gasteiger charge is 2.40. The predicted molar refractivity (Wildman–Crippen MR) is 186 cm³/mol. The Labute approximate surface area is 265 Å². The van der Waals surface area contributed by atoms with Gasteiger partial charge in [-0.15, -0.1) is 0 Å². The Kier molecular flexibility index (Phi) is 5.12. The molecule has 6 aromatic rings. The zero-order chi connectivity index (χ0) is 30.9. The van der Waals surface area contributed by atoms with E-state index in [1.807, 2.05) is 12.4 Å². The molecule has 45 heavy (non-hydrogen) atoms. The van der Waals surface area contributed by atoms with E-state index >= 15 is 0 Å². The summed E-state index contributed by atoms with van der Waals surface area (Å²) < 4.78 is 0. The number of hydrogen-bond donors (Lipinski definition) is 0. The molecule has 0 atom stereocenters. The van der Waals surface area contributed by atoms with E-state index in [4.69, 9.17) is 9.97 Å². The molecule has 2 nitrogen and oxygen atoms in total. The van der Waals surface area contributed by atoms with E-state index < -0.39 is 0 Å². The minimum atomic E-state index is -0.213. The van der Waals surface area contributed by atoms with Crippen molar-refractivity contribution in [3.8, 4) is 55.9 Å². The SMILES string of the molecule is CC1(C)c2ccccc2-c2ccc(-c3cnc4c(c3)C(C)(C)c3cc(-c5ccc6c(c5)C(C)(C)c5ccccc5-6)cnc3-4)cc21. The summed E-state index contributed by atoms with van der Waals surface area (Å²) in [5.41, 5.74) is 19.9. The monoisotopic (exact) mass is 580 g/mol. The first-order chi connectivity index (χ1) is 21.6. The zero-order valence-corrected chi connectivity index (χ0v) is 26.8. The van der Waals surface area contributed by atoms with Gasteiger partial charge < -0.3 is 0 Å². The molecule has 0 saturated carbocycles. The molecule has 0 spiro atoms. The van der Waals surface area contributed by atoms with Crippen molar-refractivity contribution in [2.24, 2.45) is 0 Å². The van der Waals surface area contributed by atoms with Gasteiger partial charge in [0, 0.05) is 39.8 Å². The van der Waals surface area contributed by atoms with E-state index in [1.54, 1.807) is 0 Å². The molecule has 9 rings (SSSR count). The number of nitrogens with zero attached hydrogens (tertiary/aromatic N) is 2. The van der Waals surface area contributed by atoms with Crippen LogP contribution in [0.1, 0.15) is 74.9 Å². The fraction of sp³-hybridized carbons (Fsp3) is 0.209. The van der Waals surface area contributed by atoms with Crippen molar-refractivity contribution in [1.82, 2.24) is 9.97 Å². The van der Waals surface area contributed by atoms with Crippen molar-refractivity contribution in [1.29, 1.82) is 0 Å². The van der Waals surface area contributed by atoms with Gasteiger partial charge in [-0.1, -0.05) is 114 Å². The van der Waals surface area contributed by atoms with Crippen molar-refractivity contribution in [2.45, 2.75) is 57.8 Å². The third-order valence-corrected chi connectivity index (χ3v) is 11.2. The number of aromatic nitrogens is 2. The van der Waals surface area contributed by atoms with Gasteiger partial charge in [-0.05, 0) is 91.0 Å². The molecule has 0 amide bonds. The largest absolute Gasteiger partial charge is 0.254 e. The number of benzene rings is 4. The molecule has 0 N–H and O–H groups in total. The van der Waals surface area contributed by atoms with Crippen LogP contribution >= 0.6 is 0 Å². The first-order valence-corrected chi connectivity index (χ1v) is 16.1. The van der Waals surface area contributed by atoms with Crippen LogP contribution in [-0.4, -0.2) is 9.97 Å². The van der Waals surface area contributed by atoms with Crippen molar-refractivity contribution < 1.29 is 0 Å². The lowest BCUT2D eigenvalue weighted by Gasteiger charge is -2.23. The Morgan fingerprint density at radius 2 is 0.711 bits per heavy atom. The fourth-order valence-corrected chi connectivity index (χ4v) is 8.49. The lowest BCUT2D eigenvalue weighted by atomic mass is 9.80.